The van der Waals surface area contributed by atoms with Crippen LogP contribution in [-0.4, -0.2) is 12.0 Å². The molecule has 0 spiro atoms. The van der Waals surface area contributed by atoms with Crippen molar-refractivity contribution in [2.75, 3.05) is 11.9 Å². The smallest absolute Gasteiger partial charge is 0.127 e. The summed E-state index contributed by atoms with van der Waals surface area (Å²) < 4.78 is 5.73. The van der Waals surface area contributed by atoms with Gasteiger partial charge < -0.3 is 10.1 Å². The first-order chi connectivity index (χ1) is 9.78. The second-order valence-electron chi connectivity index (χ2n) is 4.18. The second-order valence-corrected chi connectivity index (χ2v) is 4.70. The zero-order valence-corrected chi connectivity index (χ0v) is 12.0. The van der Waals surface area contributed by atoms with E-state index in [2.05, 4.69) is 29.8 Å². The maximum absolute atomic E-state index is 5.73. The molecule has 4 heteroatoms. The van der Waals surface area contributed by atoms with Crippen molar-refractivity contribution in [1.82, 2.24) is 5.32 Å². The minimum absolute atomic E-state index is 0.117. The summed E-state index contributed by atoms with van der Waals surface area (Å²) in [6, 6.07) is 17.5. The first-order valence-electron chi connectivity index (χ1n) is 6.40. The molecule has 20 heavy (non-hydrogen) atoms. The topological polar surface area (TPSA) is 33.3 Å². The molecule has 1 atom stereocenters. The number of nitrogens with one attached hydrogen (secondary N) is 2. The summed E-state index contributed by atoms with van der Waals surface area (Å²) in [5.74, 6) is 1.63. The summed E-state index contributed by atoms with van der Waals surface area (Å²) in [4.78, 5) is 0. The lowest BCUT2D eigenvalue weighted by Crippen LogP contribution is -2.31. The van der Waals surface area contributed by atoms with E-state index in [1.165, 1.54) is 0 Å². The van der Waals surface area contributed by atoms with Crippen LogP contribution in [0.4, 0.5) is 5.69 Å². The molecule has 2 N–H and O–H groups in total. The Morgan fingerprint density at radius 3 is 2.35 bits per heavy atom. The summed E-state index contributed by atoms with van der Waals surface area (Å²) in [5, 5.41) is 6.36. The summed E-state index contributed by atoms with van der Waals surface area (Å²) >= 11 is 4.38. The molecule has 0 amide bonds. The van der Waals surface area contributed by atoms with Gasteiger partial charge in [0.1, 0.15) is 17.0 Å². The van der Waals surface area contributed by atoms with Gasteiger partial charge in [0.2, 0.25) is 0 Å². The zero-order valence-electron chi connectivity index (χ0n) is 11.1. The van der Waals surface area contributed by atoms with Crippen LogP contribution in [0.2, 0.25) is 0 Å². The summed E-state index contributed by atoms with van der Waals surface area (Å²) in [7, 11) is 0. The van der Waals surface area contributed by atoms with Crippen molar-refractivity contribution in [3.8, 4) is 11.5 Å². The van der Waals surface area contributed by atoms with Gasteiger partial charge >= 0.3 is 0 Å². The average Bonchev–Trinajstić information content (AvgIpc) is 2.48. The number of hydrogen-bond acceptors (Lipinski definition) is 4. The van der Waals surface area contributed by atoms with Gasteiger partial charge in [-0.1, -0.05) is 24.3 Å². The number of ether oxygens (including phenoxy) is 1. The highest BCUT2D eigenvalue weighted by molar-refractivity contribution is 7.81. The lowest BCUT2D eigenvalue weighted by atomic mass is 10.3. The van der Waals surface area contributed by atoms with Crippen molar-refractivity contribution in [1.29, 1.82) is 0 Å². The van der Waals surface area contributed by atoms with Gasteiger partial charge in [-0.3, -0.25) is 5.32 Å². The molecular weight excluding hydrogens is 268 g/mol. The molecule has 0 aliphatic carbocycles. The van der Waals surface area contributed by atoms with Gasteiger partial charge in [0, 0.05) is 12.2 Å². The molecular formula is C16H18N2OS. The van der Waals surface area contributed by atoms with Gasteiger partial charge in [0.15, 0.2) is 0 Å². The second kappa shape index (κ2) is 7.62. The fraction of sp³-hybridized carbons (Fsp3) is 0.125. The van der Waals surface area contributed by atoms with Crippen LogP contribution in [-0.2, 0) is 0 Å². The molecule has 0 bridgehead atoms. The van der Waals surface area contributed by atoms with E-state index in [9.17, 15) is 0 Å². The number of hydrogen-bond donors (Lipinski definition) is 3. The van der Waals surface area contributed by atoms with Gasteiger partial charge in [-0.2, -0.15) is 0 Å². The van der Waals surface area contributed by atoms with Crippen molar-refractivity contribution in [3.05, 3.63) is 67.3 Å². The molecule has 1 unspecified atom stereocenters. The van der Waals surface area contributed by atoms with Gasteiger partial charge in [0.25, 0.3) is 0 Å². The Balaban J connectivity index is 1.91. The van der Waals surface area contributed by atoms with E-state index in [4.69, 9.17) is 4.74 Å². The normalized spacial score (nSPS) is 11.7. The number of rotatable bonds is 7. The Bertz CT molecular complexity index is 528. The van der Waals surface area contributed by atoms with Crippen LogP contribution in [0.3, 0.4) is 0 Å². The standard InChI is InChI=1S/C16H18N2OS/c1-2-12-17-16(20)18-13-8-10-15(11-9-13)19-14-6-4-3-5-7-14/h2-11,16-18,20H,1,12H2. The molecule has 0 aromatic heterocycles. The van der Waals surface area contributed by atoms with Gasteiger partial charge in [-0.05, 0) is 36.4 Å². The van der Waals surface area contributed by atoms with E-state index in [1.54, 1.807) is 6.08 Å². The zero-order chi connectivity index (χ0) is 14.2. The third-order valence-corrected chi connectivity index (χ3v) is 2.90. The Morgan fingerprint density at radius 1 is 1.05 bits per heavy atom. The van der Waals surface area contributed by atoms with Crippen molar-refractivity contribution in [2.45, 2.75) is 5.50 Å². The maximum Gasteiger partial charge on any atom is 0.127 e. The minimum Gasteiger partial charge on any atom is -0.457 e. The number of para-hydroxylation sites is 1. The predicted octanol–water partition coefficient (Wildman–Crippen LogP) is 3.88. The summed E-state index contributed by atoms with van der Waals surface area (Å²) in [6.07, 6.45) is 1.79. The van der Waals surface area contributed by atoms with Crippen LogP contribution < -0.4 is 15.4 Å². The molecule has 0 aliphatic heterocycles. The monoisotopic (exact) mass is 286 g/mol. The van der Waals surface area contributed by atoms with E-state index < -0.39 is 0 Å². The van der Waals surface area contributed by atoms with Gasteiger partial charge in [0.05, 0.1) is 0 Å². The molecule has 2 rings (SSSR count). The molecule has 0 saturated carbocycles. The van der Waals surface area contributed by atoms with E-state index in [-0.39, 0.29) is 5.50 Å². The van der Waals surface area contributed by atoms with Crippen LogP contribution in [0.5, 0.6) is 11.5 Å². The average molecular weight is 286 g/mol. The van der Waals surface area contributed by atoms with Gasteiger partial charge in [-0.15, -0.1) is 19.2 Å². The Kier molecular flexibility index (Phi) is 5.53. The maximum atomic E-state index is 5.73. The molecule has 0 radical (unpaired) electrons. The molecule has 2 aromatic rings. The first kappa shape index (κ1) is 14.5. The highest BCUT2D eigenvalue weighted by atomic mass is 32.1. The summed E-state index contributed by atoms with van der Waals surface area (Å²) in [5.41, 5.74) is 0.857. The van der Waals surface area contributed by atoms with Crippen LogP contribution in [0.25, 0.3) is 0 Å². The van der Waals surface area contributed by atoms with Crippen molar-refractivity contribution < 1.29 is 4.74 Å². The summed E-state index contributed by atoms with van der Waals surface area (Å²) in [6.45, 7) is 4.36. The van der Waals surface area contributed by atoms with Gasteiger partial charge in [-0.25, -0.2) is 0 Å². The molecule has 0 saturated heterocycles. The van der Waals surface area contributed by atoms with Crippen LogP contribution in [0.15, 0.2) is 67.3 Å². The van der Waals surface area contributed by atoms with Crippen LogP contribution >= 0.6 is 12.6 Å². The van der Waals surface area contributed by atoms with E-state index in [0.29, 0.717) is 6.54 Å². The Labute approximate surface area is 125 Å². The SMILES string of the molecule is C=CCNC(S)Nc1ccc(Oc2ccccc2)cc1. The third-order valence-electron chi connectivity index (χ3n) is 2.59. The lowest BCUT2D eigenvalue weighted by molar-refractivity contribution is 0.483. The largest absolute Gasteiger partial charge is 0.457 e. The van der Waals surface area contributed by atoms with Crippen molar-refractivity contribution in [2.24, 2.45) is 0 Å². The highest BCUT2D eigenvalue weighted by Crippen LogP contribution is 2.22. The molecule has 3 nitrogen and oxygen atoms in total. The molecule has 0 fully saturated rings. The van der Waals surface area contributed by atoms with Crippen molar-refractivity contribution >= 4 is 18.3 Å². The fourth-order valence-electron chi connectivity index (χ4n) is 1.65. The molecule has 104 valence electrons. The van der Waals surface area contributed by atoms with Crippen LogP contribution in [0.1, 0.15) is 0 Å². The number of anilines is 1. The molecule has 2 aromatic carbocycles. The number of benzene rings is 2. The van der Waals surface area contributed by atoms with E-state index >= 15 is 0 Å². The minimum atomic E-state index is -0.117. The first-order valence-corrected chi connectivity index (χ1v) is 6.91. The van der Waals surface area contributed by atoms with Crippen molar-refractivity contribution in [3.63, 3.8) is 0 Å². The predicted molar refractivity (Wildman–Crippen MR) is 87.6 cm³/mol. The lowest BCUT2D eigenvalue weighted by Gasteiger charge is -2.15. The van der Waals surface area contributed by atoms with E-state index in [0.717, 1.165) is 17.2 Å². The van der Waals surface area contributed by atoms with Crippen LogP contribution in [0, 0.1) is 0 Å². The molecule has 0 aliphatic rings. The molecule has 0 heterocycles. The number of thiol groups is 1. The Morgan fingerprint density at radius 2 is 1.70 bits per heavy atom. The fourth-order valence-corrected chi connectivity index (χ4v) is 1.90. The quantitative estimate of drug-likeness (QED) is 0.410. The van der Waals surface area contributed by atoms with E-state index in [1.807, 2.05) is 54.6 Å². The Hall–Kier alpha value is -1.91. The highest BCUT2D eigenvalue weighted by Gasteiger charge is 2.01. The third kappa shape index (κ3) is 4.64.